The lowest BCUT2D eigenvalue weighted by Gasteiger charge is -2.17. The van der Waals surface area contributed by atoms with Gasteiger partial charge in [0, 0.05) is 19.4 Å². The van der Waals surface area contributed by atoms with E-state index in [0.717, 1.165) is 11.1 Å². The predicted octanol–water partition coefficient (Wildman–Crippen LogP) is 2.03. The fourth-order valence-corrected chi connectivity index (χ4v) is 2.71. The van der Waals surface area contributed by atoms with Gasteiger partial charge in [-0.05, 0) is 24.0 Å². The Labute approximate surface area is 165 Å². The minimum Gasteiger partial charge on any atom is -0.467 e. The third-order valence-electron chi connectivity index (χ3n) is 4.29. The number of aryl methyl sites for hydroxylation is 2. The molecule has 0 saturated heterocycles. The maximum Gasteiger partial charge on any atom is 0.330 e. The molecule has 2 amide bonds. The van der Waals surface area contributed by atoms with Gasteiger partial charge in [-0.1, -0.05) is 60.7 Å². The van der Waals surface area contributed by atoms with Crippen molar-refractivity contribution in [1.82, 2.24) is 10.6 Å². The zero-order valence-electron chi connectivity index (χ0n) is 16.0. The van der Waals surface area contributed by atoms with Crippen LogP contribution in [0.5, 0.6) is 0 Å². The Hall–Kier alpha value is -3.15. The molecule has 0 aliphatic carbocycles. The van der Waals surface area contributed by atoms with Crippen LogP contribution in [-0.2, 0) is 32.0 Å². The Kier molecular flexibility index (Phi) is 8.72. The molecular formula is C22H26N2O4. The van der Waals surface area contributed by atoms with E-state index < -0.39 is 12.0 Å². The van der Waals surface area contributed by atoms with Crippen LogP contribution in [0.25, 0.3) is 0 Å². The summed E-state index contributed by atoms with van der Waals surface area (Å²) in [6.45, 7) is -0.00261. The molecule has 28 heavy (non-hydrogen) atoms. The van der Waals surface area contributed by atoms with Crippen molar-refractivity contribution in [2.24, 2.45) is 0 Å². The summed E-state index contributed by atoms with van der Waals surface area (Å²) in [7, 11) is 1.25. The number of nitrogens with one attached hydrogen (secondary N) is 2. The minimum atomic E-state index is -0.908. The molecule has 0 aliphatic rings. The lowest BCUT2D eigenvalue weighted by atomic mass is 10.1. The van der Waals surface area contributed by atoms with Crippen molar-refractivity contribution in [2.45, 2.75) is 31.7 Å². The summed E-state index contributed by atoms with van der Waals surface area (Å²) >= 11 is 0. The number of ether oxygens (including phenoxy) is 1. The van der Waals surface area contributed by atoms with Gasteiger partial charge in [-0.15, -0.1) is 0 Å². The van der Waals surface area contributed by atoms with Gasteiger partial charge >= 0.3 is 5.97 Å². The van der Waals surface area contributed by atoms with Crippen molar-refractivity contribution in [3.8, 4) is 0 Å². The quantitative estimate of drug-likeness (QED) is 0.616. The lowest BCUT2D eigenvalue weighted by molar-refractivity contribution is -0.145. The third kappa shape index (κ3) is 7.61. The van der Waals surface area contributed by atoms with E-state index in [2.05, 4.69) is 10.6 Å². The summed E-state index contributed by atoms with van der Waals surface area (Å²) in [4.78, 5) is 36.1. The molecule has 0 saturated carbocycles. The summed E-state index contributed by atoms with van der Waals surface area (Å²) in [5.41, 5.74) is 2.11. The van der Waals surface area contributed by atoms with E-state index in [1.807, 2.05) is 60.7 Å². The van der Waals surface area contributed by atoms with Crippen molar-refractivity contribution in [1.29, 1.82) is 0 Å². The molecule has 2 aromatic carbocycles. The van der Waals surface area contributed by atoms with E-state index in [1.54, 1.807) is 0 Å². The molecule has 0 radical (unpaired) electrons. The zero-order valence-corrected chi connectivity index (χ0v) is 16.0. The fourth-order valence-electron chi connectivity index (χ4n) is 2.71. The average Bonchev–Trinajstić information content (AvgIpc) is 2.74. The minimum absolute atomic E-state index is 0.00261. The van der Waals surface area contributed by atoms with E-state index in [-0.39, 0.29) is 24.8 Å². The Bertz CT molecular complexity index is 763. The number of hydrogen-bond acceptors (Lipinski definition) is 4. The van der Waals surface area contributed by atoms with E-state index in [4.69, 9.17) is 4.74 Å². The summed E-state index contributed by atoms with van der Waals surface area (Å²) in [6.07, 6.45) is 1.74. The van der Waals surface area contributed by atoms with Crippen molar-refractivity contribution in [2.75, 3.05) is 13.7 Å². The molecule has 6 nitrogen and oxygen atoms in total. The first kappa shape index (κ1) is 21.2. The van der Waals surface area contributed by atoms with Gasteiger partial charge in [0.15, 0.2) is 0 Å². The molecule has 0 spiro atoms. The predicted molar refractivity (Wildman–Crippen MR) is 106 cm³/mol. The summed E-state index contributed by atoms with van der Waals surface area (Å²) in [5.74, 6) is -1.04. The van der Waals surface area contributed by atoms with Gasteiger partial charge in [0.2, 0.25) is 11.8 Å². The second-order valence-corrected chi connectivity index (χ2v) is 6.42. The molecule has 2 aromatic rings. The van der Waals surface area contributed by atoms with Gasteiger partial charge < -0.3 is 15.4 Å². The van der Waals surface area contributed by atoms with Gasteiger partial charge in [-0.3, -0.25) is 9.59 Å². The molecule has 148 valence electrons. The Morgan fingerprint density at radius 3 is 1.82 bits per heavy atom. The molecule has 0 fully saturated rings. The maximum absolute atomic E-state index is 12.2. The van der Waals surface area contributed by atoms with E-state index in [9.17, 15) is 14.4 Å². The van der Waals surface area contributed by atoms with Crippen LogP contribution in [-0.4, -0.2) is 37.5 Å². The van der Waals surface area contributed by atoms with Gasteiger partial charge in [-0.2, -0.15) is 0 Å². The van der Waals surface area contributed by atoms with Crippen LogP contribution in [0.3, 0.4) is 0 Å². The highest BCUT2D eigenvalue weighted by atomic mass is 16.5. The topological polar surface area (TPSA) is 84.5 Å². The molecule has 0 bridgehead atoms. The Morgan fingerprint density at radius 2 is 1.32 bits per heavy atom. The SMILES string of the molecule is COC(=O)[C@H](CNC(=O)CCc1ccccc1)NC(=O)CCc1ccccc1. The summed E-state index contributed by atoms with van der Waals surface area (Å²) < 4.78 is 4.73. The number of carbonyl (C=O) groups is 3. The first-order valence-electron chi connectivity index (χ1n) is 9.30. The van der Waals surface area contributed by atoms with E-state index >= 15 is 0 Å². The first-order chi connectivity index (χ1) is 13.6. The monoisotopic (exact) mass is 382 g/mol. The first-order valence-corrected chi connectivity index (χ1v) is 9.30. The molecule has 2 N–H and O–H groups in total. The van der Waals surface area contributed by atoms with Crippen LogP contribution in [0.4, 0.5) is 0 Å². The number of esters is 1. The third-order valence-corrected chi connectivity index (χ3v) is 4.29. The molecule has 1 atom stereocenters. The number of amides is 2. The van der Waals surface area contributed by atoms with Gasteiger partial charge in [0.05, 0.1) is 7.11 Å². The van der Waals surface area contributed by atoms with Crippen LogP contribution in [0.15, 0.2) is 60.7 Å². The average molecular weight is 382 g/mol. The fraction of sp³-hybridized carbons (Fsp3) is 0.318. The van der Waals surface area contributed by atoms with Crippen LogP contribution in [0.1, 0.15) is 24.0 Å². The van der Waals surface area contributed by atoms with E-state index in [1.165, 1.54) is 7.11 Å². The largest absolute Gasteiger partial charge is 0.467 e. The highest BCUT2D eigenvalue weighted by molar-refractivity contribution is 5.85. The zero-order chi connectivity index (χ0) is 20.2. The van der Waals surface area contributed by atoms with Crippen molar-refractivity contribution >= 4 is 17.8 Å². The molecular weight excluding hydrogens is 356 g/mol. The maximum atomic E-state index is 12.2. The second-order valence-electron chi connectivity index (χ2n) is 6.42. The number of hydrogen-bond donors (Lipinski definition) is 2. The second kappa shape index (κ2) is 11.5. The number of benzene rings is 2. The smallest absolute Gasteiger partial charge is 0.330 e. The van der Waals surface area contributed by atoms with Crippen LogP contribution in [0, 0.1) is 0 Å². The van der Waals surface area contributed by atoms with Crippen molar-refractivity contribution in [3.05, 3.63) is 71.8 Å². The highest BCUT2D eigenvalue weighted by Crippen LogP contribution is 2.04. The molecule has 0 aliphatic heterocycles. The Balaban J connectivity index is 1.77. The summed E-state index contributed by atoms with van der Waals surface area (Å²) in [5, 5.41) is 5.33. The molecule has 0 heterocycles. The molecule has 6 heteroatoms. The van der Waals surface area contributed by atoms with Gasteiger partial charge in [0.1, 0.15) is 6.04 Å². The molecule has 2 rings (SSSR count). The van der Waals surface area contributed by atoms with Gasteiger partial charge in [0.25, 0.3) is 0 Å². The number of methoxy groups -OCH3 is 1. The number of carbonyl (C=O) groups excluding carboxylic acids is 3. The van der Waals surface area contributed by atoms with Crippen LogP contribution >= 0.6 is 0 Å². The highest BCUT2D eigenvalue weighted by Gasteiger charge is 2.22. The normalized spacial score (nSPS) is 11.3. The van der Waals surface area contributed by atoms with Crippen molar-refractivity contribution < 1.29 is 19.1 Å². The van der Waals surface area contributed by atoms with Crippen LogP contribution in [0.2, 0.25) is 0 Å². The van der Waals surface area contributed by atoms with Crippen LogP contribution < -0.4 is 10.6 Å². The van der Waals surface area contributed by atoms with Crippen molar-refractivity contribution in [3.63, 3.8) is 0 Å². The molecule has 0 aromatic heterocycles. The number of rotatable bonds is 10. The standard InChI is InChI=1S/C22H26N2O4/c1-28-22(27)19(24-21(26)15-13-18-10-6-3-7-11-18)16-23-20(25)14-12-17-8-4-2-5-9-17/h2-11,19H,12-16H2,1H3,(H,23,25)(H,24,26)/t19-/m0/s1. The Morgan fingerprint density at radius 1 is 0.821 bits per heavy atom. The van der Waals surface area contributed by atoms with Gasteiger partial charge in [-0.25, -0.2) is 4.79 Å². The van der Waals surface area contributed by atoms with E-state index in [0.29, 0.717) is 19.3 Å². The molecule has 0 unspecified atom stereocenters. The lowest BCUT2D eigenvalue weighted by Crippen LogP contribution is -2.49. The summed E-state index contributed by atoms with van der Waals surface area (Å²) in [6, 6.07) is 18.4.